The SMILES string of the molecule is CCC(C)(NC(=O)c1csc(-c2ccc(Cl)s2)n1)C(=O)O. The first-order valence-corrected chi connectivity index (χ1v) is 8.20. The molecule has 21 heavy (non-hydrogen) atoms. The Morgan fingerprint density at radius 2 is 2.19 bits per heavy atom. The number of amides is 1. The first-order chi connectivity index (χ1) is 9.85. The molecule has 0 saturated carbocycles. The Morgan fingerprint density at radius 3 is 2.71 bits per heavy atom. The summed E-state index contributed by atoms with van der Waals surface area (Å²) >= 11 is 8.57. The Kier molecular flexibility index (Phi) is 4.65. The molecule has 0 radical (unpaired) electrons. The number of nitrogens with zero attached hydrogens (tertiary/aromatic N) is 1. The molecule has 2 N–H and O–H groups in total. The van der Waals surface area contributed by atoms with Crippen LogP contribution in [-0.4, -0.2) is 27.5 Å². The average Bonchev–Trinajstić information content (AvgIpc) is 3.06. The second-order valence-corrected chi connectivity index (χ2v) is 7.16. The number of nitrogens with one attached hydrogen (secondary N) is 1. The zero-order valence-corrected chi connectivity index (χ0v) is 13.7. The highest BCUT2D eigenvalue weighted by Crippen LogP contribution is 2.32. The molecule has 1 atom stereocenters. The predicted octanol–water partition coefficient (Wildman–Crippen LogP) is 3.51. The van der Waals surface area contributed by atoms with E-state index in [0.29, 0.717) is 9.34 Å². The third-order valence-corrected chi connectivity index (χ3v) is 5.33. The molecular formula is C13H13ClN2O3S2. The minimum atomic E-state index is -1.30. The summed E-state index contributed by atoms with van der Waals surface area (Å²) in [6, 6.07) is 3.60. The van der Waals surface area contributed by atoms with Crippen molar-refractivity contribution in [1.29, 1.82) is 0 Å². The van der Waals surface area contributed by atoms with Crippen molar-refractivity contribution in [3.63, 3.8) is 0 Å². The van der Waals surface area contributed by atoms with E-state index in [-0.39, 0.29) is 12.1 Å². The number of carboxylic acids is 1. The summed E-state index contributed by atoms with van der Waals surface area (Å²) in [5, 5.41) is 14.0. The first kappa shape index (κ1) is 15.9. The maximum Gasteiger partial charge on any atom is 0.329 e. The monoisotopic (exact) mass is 344 g/mol. The highest BCUT2D eigenvalue weighted by Gasteiger charge is 2.33. The standard InChI is InChI=1S/C13H13ClN2O3S2/c1-3-13(2,12(18)19)16-10(17)7-6-20-11(15-7)8-4-5-9(14)21-8/h4-6H,3H2,1-2H3,(H,16,17)(H,18,19). The largest absolute Gasteiger partial charge is 0.480 e. The van der Waals surface area contributed by atoms with Gasteiger partial charge in [0.25, 0.3) is 5.91 Å². The number of thiophene rings is 1. The molecule has 0 aliphatic carbocycles. The zero-order valence-electron chi connectivity index (χ0n) is 11.3. The summed E-state index contributed by atoms with van der Waals surface area (Å²) in [6.45, 7) is 3.17. The number of hydrogen-bond donors (Lipinski definition) is 2. The summed E-state index contributed by atoms with van der Waals surface area (Å²) in [7, 11) is 0. The van der Waals surface area contributed by atoms with Gasteiger partial charge < -0.3 is 10.4 Å². The van der Waals surface area contributed by atoms with Crippen LogP contribution in [0.1, 0.15) is 30.8 Å². The Bertz CT molecular complexity index is 683. The van der Waals surface area contributed by atoms with Gasteiger partial charge in [-0.2, -0.15) is 0 Å². The fourth-order valence-electron chi connectivity index (χ4n) is 1.53. The van der Waals surface area contributed by atoms with Crippen molar-refractivity contribution >= 4 is 46.2 Å². The average molecular weight is 345 g/mol. The van der Waals surface area contributed by atoms with Crippen molar-refractivity contribution in [3.8, 4) is 9.88 Å². The van der Waals surface area contributed by atoms with E-state index in [4.69, 9.17) is 16.7 Å². The van der Waals surface area contributed by atoms with Crippen LogP contribution >= 0.6 is 34.3 Å². The van der Waals surface area contributed by atoms with Gasteiger partial charge in [-0.05, 0) is 25.5 Å². The van der Waals surface area contributed by atoms with Crippen LogP contribution in [0, 0.1) is 0 Å². The highest BCUT2D eigenvalue weighted by molar-refractivity contribution is 7.23. The molecule has 0 bridgehead atoms. The minimum Gasteiger partial charge on any atom is -0.480 e. The summed E-state index contributed by atoms with van der Waals surface area (Å²) in [4.78, 5) is 28.4. The summed E-state index contributed by atoms with van der Waals surface area (Å²) in [6.07, 6.45) is 0.283. The number of hydrogen-bond acceptors (Lipinski definition) is 5. The van der Waals surface area contributed by atoms with Gasteiger partial charge in [-0.15, -0.1) is 22.7 Å². The summed E-state index contributed by atoms with van der Waals surface area (Å²) in [5.41, 5.74) is -1.09. The van der Waals surface area contributed by atoms with Crippen molar-refractivity contribution in [1.82, 2.24) is 10.3 Å². The molecule has 5 nitrogen and oxygen atoms in total. The number of carbonyl (C=O) groups excluding carboxylic acids is 1. The van der Waals surface area contributed by atoms with Gasteiger partial charge in [0.1, 0.15) is 16.2 Å². The van der Waals surface area contributed by atoms with E-state index in [1.54, 1.807) is 18.4 Å². The quantitative estimate of drug-likeness (QED) is 0.869. The molecule has 1 unspecified atom stereocenters. The number of rotatable bonds is 5. The van der Waals surface area contributed by atoms with E-state index in [2.05, 4.69) is 10.3 Å². The normalized spacial score (nSPS) is 13.7. The molecule has 8 heteroatoms. The Balaban J connectivity index is 2.18. The van der Waals surface area contributed by atoms with Gasteiger partial charge in [-0.3, -0.25) is 4.79 Å². The van der Waals surface area contributed by atoms with Crippen molar-refractivity contribution in [3.05, 3.63) is 27.5 Å². The fraction of sp³-hybridized carbons (Fsp3) is 0.308. The van der Waals surface area contributed by atoms with Gasteiger partial charge in [-0.1, -0.05) is 18.5 Å². The van der Waals surface area contributed by atoms with Crippen LogP contribution in [0.3, 0.4) is 0 Å². The smallest absolute Gasteiger partial charge is 0.329 e. The van der Waals surface area contributed by atoms with Gasteiger partial charge >= 0.3 is 5.97 Å². The predicted molar refractivity (Wildman–Crippen MR) is 84.2 cm³/mol. The van der Waals surface area contributed by atoms with Crippen LogP contribution in [0.25, 0.3) is 9.88 Å². The molecule has 112 valence electrons. The number of aliphatic carboxylic acids is 1. The van der Waals surface area contributed by atoms with E-state index in [0.717, 1.165) is 4.88 Å². The molecule has 0 aliphatic heterocycles. The van der Waals surface area contributed by atoms with Crippen LogP contribution in [-0.2, 0) is 4.79 Å². The third-order valence-electron chi connectivity index (χ3n) is 3.09. The maximum absolute atomic E-state index is 12.1. The number of thiazole rings is 1. The lowest BCUT2D eigenvalue weighted by molar-refractivity contribution is -0.143. The van der Waals surface area contributed by atoms with Crippen LogP contribution in [0.4, 0.5) is 0 Å². The molecule has 0 fully saturated rings. The number of carbonyl (C=O) groups is 2. The van der Waals surface area contributed by atoms with Gasteiger partial charge in [0.2, 0.25) is 0 Å². The Morgan fingerprint density at radius 1 is 1.48 bits per heavy atom. The van der Waals surface area contributed by atoms with Gasteiger partial charge in [0.05, 0.1) is 9.21 Å². The molecular weight excluding hydrogens is 332 g/mol. The molecule has 1 amide bonds. The van der Waals surface area contributed by atoms with Gasteiger partial charge in [-0.25, -0.2) is 9.78 Å². The third kappa shape index (κ3) is 3.42. The van der Waals surface area contributed by atoms with Crippen molar-refractivity contribution in [2.24, 2.45) is 0 Å². The van der Waals surface area contributed by atoms with Crippen molar-refractivity contribution in [2.75, 3.05) is 0 Å². The van der Waals surface area contributed by atoms with Crippen molar-refractivity contribution < 1.29 is 14.7 Å². The van der Waals surface area contributed by atoms with E-state index >= 15 is 0 Å². The molecule has 0 spiro atoms. The van der Waals surface area contributed by atoms with Crippen LogP contribution in [0.2, 0.25) is 4.34 Å². The lowest BCUT2D eigenvalue weighted by Gasteiger charge is -2.23. The van der Waals surface area contributed by atoms with Crippen LogP contribution in [0.15, 0.2) is 17.5 Å². The number of halogens is 1. The second-order valence-electron chi connectivity index (χ2n) is 4.59. The van der Waals surface area contributed by atoms with Gasteiger partial charge in [0.15, 0.2) is 0 Å². The summed E-state index contributed by atoms with van der Waals surface area (Å²) in [5.74, 6) is -1.56. The lowest BCUT2D eigenvalue weighted by atomic mass is 9.99. The molecule has 0 aromatic carbocycles. The Labute approximate surface area is 134 Å². The van der Waals surface area contributed by atoms with Crippen molar-refractivity contribution in [2.45, 2.75) is 25.8 Å². The molecule has 0 aliphatic rings. The fourth-order valence-corrected chi connectivity index (χ4v) is 3.44. The molecule has 0 saturated heterocycles. The summed E-state index contributed by atoms with van der Waals surface area (Å²) < 4.78 is 0.649. The molecule has 2 aromatic heterocycles. The molecule has 2 heterocycles. The van der Waals surface area contributed by atoms with E-state index < -0.39 is 17.4 Å². The van der Waals surface area contributed by atoms with Crippen LogP contribution in [0.5, 0.6) is 0 Å². The van der Waals surface area contributed by atoms with E-state index in [1.165, 1.54) is 29.6 Å². The topological polar surface area (TPSA) is 79.3 Å². The van der Waals surface area contributed by atoms with Crippen LogP contribution < -0.4 is 5.32 Å². The minimum absolute atomic E-state index is 0.209. The number of carboxylic acid groups (broad SMARTS) is 1. The van der Waals surface area contributed by atoms with Gasteiger partial charge in [0, 0.05) is 5.38 Å². The lowest BCUT2D eigenvalue weighted by Crippen LogP contribution is -2.51. The molecule has 2 aromatic rings. The van der Waals surface area contributed by atoms with E-state index in [1.807, 2.05) is 6.07 Å². The zero-order chi connectivity index (χ0) is 15.6. The second kappa shape index (κ2) is 6.13. The number of aromatic nitrogens is 1. The maximum atomic E-state index is 12.1. The van der Waals surface area contributed by atoms with E-state index in [9.17, 15) is 9.59 Å². The Hall–Kier alpha value is -1.44. The molecule has 2 rings (SSSR count). The highest BCUT2D eigenvalue weighted by atomic mass is 35.5. The first-order valence-electron chi connectivity index (χ1n) is 6.13.